The van der Waals surface area contributed by atoms with Gasteiger partial charge in [-0.05, 0) is 13.0 Å². The lowest BCUT2D eigenvalue weighted by Gasteiger charge is -2.07. The van der Waals surface area contributed by atoms with Crippen molar-refractivity contribution in [3.8, 4) is 17.2 Å². The minimum atomic E-state index is -0.631. The molecule has 0 radical (unpaired) electrons. The van der Waals surface area contributed by atoms with Crippen LogP contribution in [-0.4, -0.2) is 21.3 Å². The largest absolute Gasteiger partial charge is 0.504 e. The van der Waals surface area contributed by atoms with E-state index < -0.39 is 29.3 Å². The lowest BCUT2D eigenvalue weighted by molar-refractivity contribution is 0.0419. The van der Waals surface area contributed by atoms with E-state index in [9.17, 15) is 15.0 Å². The molecule has 2 rings (SSSR count). The molecule has 74 valence electrons. The highest BCUT2D eigenvalue weighted by Gasteiger charge is 2.33. The van der Waals surface area contributed by atoms with Crippen LogP contribution in [0.2, 0.25) is 0 Å². The maximum atomic E-state index is 11.2. The number of cyclic esters (lactones) is 1. The summed E-state index contributed by atoms with van der Waals surface area (Å²) in [6.07, 6.45) is -0.607. The minimum Gasteiger partial charge on any atom is -0.504 e. The average Bonchev–Trinajstić information content (AvgIpc) is 2.38. The monoisotopic (exact) mass is 196 g/mol. The van der Waals surface area contributed by atoms with Crippen LogP contribution in [0.1, 0.15) is 28.9 Å². The van der Waals surface area contributed by atoms with Crippen LogP contribution in [0.3, 0.4) is 0 Å². The number of hydrogen-bond donors (Lipinski definition) is 3. The zero-order valence-corrected chi connectivity index (χ0v) is 7.31. The summed E-state index contributed by atoms with van der Waals surface area (Å²) < 4.78 is 4.80. The van der Waals surface area contributed by atoms with E-state index in [1.807, 2.05) is 0 Å². The molecule has 1 aliphatic rings. The fourth-order valence-electron chi connectivity index (χ4n) is 1.52. The Morgan fingerprint density at radius 1 is 1.29 bits per heavy atom. The van der Waals surface area contributed by atoms with Gasteiger partial charge in [0.1, 0.15) is 6.10 Å². The van der Waals surface area contributed by atoms with Crippen LogP contribution in [0.15, 0.2) is 6.07 Å². The third kappa shape index (κ3) is 0.921. The van der Waals surface area contributed by atoms with Gasteiger partial charge in [-0.1, -0.05) is 0 Å². The van der Waals surface area contributed by atoms with Gasteiger partial charge in [0.15, 0.2) is 11.5 Å². The Bertz CT molecular complexity index is 424. The first-order valence-electron chi connectivity index (χ1n) is 4.01. The molecule has 0 unspecified atom stereocenters. The van der Waals surface area contributed by atoms with Gasteiger partial charge in [0, 0.05) is 0 Å². The molecule has 0 bridgehead atoms. The SMILES string of the molecule is C[C@H]1OC(=O)c2cc(O)c(O)c(O)c21. The van der Waals surface area contributed by atoms with Crippen LogP contribution in [0, 0.1) is 0 Å². The van der Waals surface area contributed by atoms with E-state index in [-0.39, 0.29) is 11.1 Å². The maximum Gasteiger partial charge on any atom is 0.339 e. The summed E-state index contributed by atoms with van der Waals surface area (Å²) in [6.45, 7) is 1.57. The van der Waals surface area contributed by atoms with Crippen molar-refractivity contribution in [2.24, 2.45) is 0 Å². The molecule has 0 amide bonds. The van der Waals surface area contributed by atoms with E-state index in [1.165, 1.54) is 0 Å². The highest BCUT2D eigenvalue weighted by Crippen LogP contribution is 2.46. The van der Waals surface area contributed by atoms with E-state index in [4.69, 9.17) is 9.84 Å². The first kappa shape index (κ1) is 8.68. The molecular weight excluding hydrogens is 188 g/mol. The molecule has 0 aromatic heterocycles. The molecule has 3 N–H and O–H groups in total. The van der Waals surface area contributed by atoms with Crippen LogP contribution in [0.25, 0.3) is 0 Å². The van der Waals surface area contributed by atoms with E-state index in [0.29, 0.717) is 0 Å². The van der Waals surface area contributed by atoms with Crippen molar-refractivity contribution in [2.45, 2.75) is 13.0 Å². The van der Waals surface area contributed by atoms with E-state index in [0.717, 1.165) is 6.07 Å². The number of phenols is 3. The average molecular weight is 196 g/mol. The lowest BCUT2D eigenvalue weighted by Crippen LogP contribution is -1.93. The van der Waals surface area contributed by atoms with Gasteiger partial charge in [-0.3, -0.25) is 0 Å². The van der Waals surface area contributed by atoms with Gasteiger partial charge < -0.3 is 20.1 Å². The Hall–Kier alpha value is -1.91. The number of esters is 1. The Kier molecular flexibility index (Phi) is 1.57. The molecular formula is C9H8O5. The number of ether oxygens (including phenoxy) is 1. The molecule has 0 saturated carbocycles. The molecule has 0 fully saturated rings. The number of phenolic OH excluding ortho intramolecular Hbond substituents is 3. The first-order valence-corrected chi connectivity index (χ1v) is 4.01. The summed E-state index contributed by atoms with van der Waals surface area (Å²) in [6, 6.07) is 1.08. The number of fused-ring (bicyclic) bond motifs is 1. The quantitative estimate of drug-likeness (QED) is 0.426. The van der Waals surface area contributed by atoms with Crippen LogP contribution < -0.4 is 0 Å². The zero-order chi connectivity index (χ0) is 10.5. The zero-order valence-electron chi connectivity index (χ0n) is 7.31. The number of rotatable bonds is 0. The van der Waals surface area contributed by atoms with Crippen LogP contribution >= 0.6 is 0 Å². The summed E-state index contributed by atoms with van der Waals surface area (Å²) in [4.78, 5) is 11.2. The van der Waals surface area contributed by atoms with Crippen molar-refractivity contribution < 1.29 is 24.9 Å². The minimum absolute atomic E-state index is 0.0882. The van der Waals surface area contributed by atoms with Crippen molar-refractivity contribution in [1.82, 2.24) is 0 Å². The Balaban J connectivity index is 2.76. The van der Waals surface area contributed by atoms with Crippen molar-refractivity contribution in [3.05, 3.63) is 17.2 Å². The molecule has 0 saturated heterocycles. The van der Waals surface area contributed by atoms with Crippen LogP contribution in [0.4, 0.5) is 0 Å². The molecule has 5 nitrogen and oxygen atoms in total. The van der Waals surface area contributed by atoms with Gasteiger partial charge in [0.05, 0.1) is 11.1 Å². The van der Waals surface area contributed by atoms with E-state index in [2.05, 4.69) is 0 Å². The number of carbonyl (C=O) groups excluding carboxylic acids is 1. The third-order valence-electron chi connectivity index (χ3n) is 2.20. The summed E-state index contributed by atoms with van der Waals surface area (Å²) in [5.41, 5.74) is 0.301. The number of benzene rings is 1. The van der Waals surface area contributed by atoms with Gasteiger partial charge in [-0.25, -0.2) is 4.79 Å². The van der Waals surface area contributed by atoms with Crippen molar-refractivity contribution in [1.29, 1.82) is 0 Å². The molecule has 5 heteroatoms. The molecule has 14 heavy (non-hydrogen) atoms. The van der Waals surface area contributed by atoms with Gasteiger partial charge >= 0.3 is 5.97 Å². The second-order valence-electron chi connectivity index (χ2n) is 3.10. The van der Waals surface area contributed by atoms with Crippen LogP contribution in [0.5, 0.6) is 17.2 Å². The summed E-state index contributed by atoms with van der Waals surface area (Å²) in [7, 11) is 0. The second kappa shape index (κ2) is 2.54. The molecule has 0 spiro atoms. The van der Waals surface area contributed by atoms with Gasteiger partial charge in [0.25, 0.3) is 0 Å². The van der Waals surface area contributed by atoms with Crippen molar-refractivity contribution >= 4 is 5.97 Å². The molecule has 1 atom stereocenters. The highest BCUT2D eigenvalue weighted by molar-refractivity contribution is 5.96. The third-order valence-corrected chi connectivity index (χ3v) is 2.20. The predicted octanol–water partition coefficient (Wildman–Crippen LogP) is 1.03. The Morgan fingerprint density at radius 3 is 2.57 bits per heavy atom. The summed E-state index contributed by atoms with van der Waals surface area (Å²) >= 11 is 0. The highest BCUT2D eigenvalue weighted by atomic mass is 16.5. The fourth-order valence-corrected chi connectivity index (χ4v) is 1.52. The number of aromatic hydroxyl groups is 3. The molecule has 1 heterocycles. The number of hydrogen-bond acceptors (Lipinski definition) is 5. The Labute approximate surface area is 79.2 Å². The molecule has 1 aromatic rings. The smallest absolute Gasteiger partial charge is 0.339 e. The summed E-state index contributed by atoms with van der Waals surface area (Å²) in [5.74, 6) is -2.28. The predicted molar refractivity (Wildman–Crippen MR) is 45.3 cm³/mol. The van der Waals surface area contributed by atoms with Gasteiger partial charge in [0.2, 0.25) is 5.75 Å². The number of carbonyl (C=O) groups is 1. The van der Waals surface area contributed by atoms with Crippen molar-refractivity contribution in [3.63, 3.8) is 0 Å². The van der Waals surface area contributed by atoms with E-state index in [1.54, 1.807) is 6.92 Å². The topological polar surface area (TPSA) is 87.0 Å². The van der Waals surface area contributed by atoms with Gasteiger partial charge in [-0.15, -0.1) is 0 Å². The van der Waals surface area contributed by atoms with E-state index >= 15 is 0 Å². The lowest BCUT2D eigenvalue weighted by atomic mass is 10.0. The van der Waals surface area contributed by atoms with Crippen molar-refractivity contribution in [2.75, 3.05) is 0 Å². The second-order valence-corrected chi connectivity index (χ2v) is 3.10. The molecule has 1 aromatic carbocycles. The first-order chi connectivity index (χ1) is 6.52. The molecule has 1 aliphatic heterocycles. The normalized spacial score (nSPS) is 19.2. The van der Waals surface area contributed by atoms with Gasteiger partial charge in [-0.2, -0.15) is 0 Å². The maximum absolute atomic E-state index is 11.2. The Morgan fingerprint density at radius 2 is 1.93 bits per heavy atom. The standard InChI is InChI=1S/C9H8O5/c1-3-6-4(9(13)14-3)2-5(10)7(11)8(6)12/h2-3,10-12H,1H3/t3-/m1/s1. The van der Waals surface area contributed by atoms with Crippen LogP contribution in [-0.2, 0) is 4.74 Å². The summed E-state index contributed by atoms with van der Waals surface area (Å²) in [5, 5.41) is 27.8. The molecule has 0 aliphatic carbocycles. The fraction of sp³-hybridized carbons (Fsp3) is 0.222.